The van der Waals surface area contributed by atoms with Gasteiger partial charge in [0.25, 0.3) is 0 Å². The van der Waals surface area contributed by atoms with Crippen LogP contribution in [-0.4, -0.2) is 29.1 Å². The van der Waals surface area contributed by atoms with Gasteiger partial charge in [-0.1, -0.05) is 0 Å². The smallest absolute Gasteiger partial charge is 0.375 e. The van der Waals surface area contributed by atoms with Crippen molar-refractivity contribution in [2.45, 2.75) is 25.6 Å². The van der Waals surface area contributed by atoms with Crippen LogP contribution in [0, 0.1) is 5.92 Å². The average molecular weight is 302 g/mol. The third kappa shape index (κ3) is 4.00. The van der Waals surface area contributed by atoms with E-state index in [-0.39, 0.29) is 25.2 Å². The lowest BCUT2D eigenvalue weighted by atomic mass is 9.96. The fourth-order valence-corrected chi connectivity index (χ4v) is 2.76. The number of anilines is 1. The van der Waals surface area contributed by atoms with Crippen LogP contribution in [0.3, 0.4) is 0 Å². The number of nitrogens with two attached hydrogens (primary N) is 1. The van der Waals surface area contributed by atoms with Crippen LogP contribution in [0.25, 0.3) is 0 Å². The highest BCUT2D eigenvalue weighted by molar-refractivity contribution is 7.15. The molecule has 2 heterocycles. The number of thiazole rings is 1. The first-order valence-electron chi connectivity index (χ1n) is 5.44. The molecule has 1 fully saturated rings. The van der Waals surface area contributed by atoms with Crippen molar-refractivity contribution < 1.29 is 13.2 Å². The molecule has 0 saturated carbocycles. The molecule has 0 aromatic carbocycles. The van der Waals surface area contributed by atoms with Crippen molar-refractivity contribution in [1.82, 2.24) is 9.88 Å². The monoisotopic (exact) mass is 301 g/mol. The zero-order chi connectivity index (χ0) is 12.5. The summed E-state index contributed by atoms with van der Waals surface area (Å²) in [6.45, 7) is 1.63. The molecular formula is C10H15ClF3N3S. The van der Waals surface area contributed by atoms with Gasteiger partial charge in [0, 0.05) is 17.6 Å². The van der Waals surface area contributed by atoms with Crippen LogP contribution in [0.5, 0.6) is 0 Å². The molecule has 0 aliphatic carbocycles. The maximum absolute atomic E-state index is 12.5. The number of hydrogen-bond donors (Lipinski definition) is 1. The van der Waals surface area contributed by atoms with Gasteiger partial charge in [0.05, 0.1) is 5.92 Å². The normalized spacial score (nSPS) is 18.6. The van der Waals surface area contributed by atoms with Crippen LogP contribution in [-0.2, 0) is 6.54 Å². The number of alkyl halides is 3. The van der Waals surface area contributed by atoms with Gasteiger partial charge in [-0.05, 0) is 25.9 Å². The minimum absolute atomic E-state index is 0. The van der Waals surface area contributed by atoms with E-state index in [4.69, 9.17) is 5.73 Å². The zero-order valence-electron chi connectivity index (χ0n) is 9.61. The fourth-order valence-electron chi connectivity index (χ4n) is 2.03. The molecule has 1 saturated heterocycles. The molecule has 1 aliphatic rings. The van der Waals surface area contributed by atoms with Crippen molar-refractivity contribution in [2.24, 2.45) is 5.92 Å². The van der Waals surface area contributed by atoms with E-state index < -0.39 is 12.1 Å². The Labute approximate surface area is 114 Å². The van der Waals surface area contributed by atoms with Crippen molar-refractivity contribution in [1.29, 1.82) is 0 Å². The molecule has 2 N–H and O–H groups in total. The number of piperidine rings is 1. The highest BCUT2D eigenvalue weighted by atomic mass is 35.5. The molecule has 104 valence electrons. The Morgan fingerprint density at radius 3 is 2.44 bits per heavy atom. The summed E-state index contributed by atoms with van der Waals surface area (Å²) in [6, 6.07) is 0. The molecule has 8 heteroatoms. The molecule has 1 aromatic rings. The molecular weight excluding hydrogens is 287 g/mol. The minimum Gasteiger partial charge on any atom is -0.375 e. The van der Waals surface area contributed by atoms with E-state index in [1.165, 1.54) is 11.3 Å². The third-order valence-corrected chi connectivity index (χ3v) is 3.81. The summed E-state index contributed by atoms with van der Waals surface area (Å²) in [5, 5.41) is 0.505. The van der Waals surface area contributed by atoms with E-state index >= 15 is 0 Å². The summed E-state index contributed by atoms with van der Waals surface area (Å²) in [7, 11) is 0. The Morgan fingerprint density at radius 2 is 2.00 bits per heavy atom. The van der Waals surface area contributed by atoms with Crippen LogP contribution in [0.4, 0.5) is 18.3 Å². The molecule has 1 aromatic heterocycles. The maximum Gasteiger partial charge on any atom is 0.391 e. The molecule has 0 bridgehead atoms. The lowest BCUT2D eigenvalue weighted by Crippen LogP contribution is -2.38. The van der Waals surface area contributed by atoms with E-state index in [1.54, 1.807) is 6.20 Å². The summed E-state index contributed by atoms with van der Waals surface area (Å²) >= 11 is 1.39. The van der Waals surface area contributed by atoms with Gasteiger partial charge in [0.2, 0.25) is 0 Å². The summed E-state index contributed by atoms with van der Waals surface area (Å²) in [5.74, 6) is -1.13. The van der Waals surface area contributed by atoms with Crippen molar-refractivity contribution in [3.8, 4) is 0 Å². The lowest BCUT2D eigenvalue weighted by Gasteiger charge is -2.32. The Bertz CT molecular complexity index is 375. The summed E-state index contributed by atoms with van der Waals surface area (Å²) < 4.78 is 37.4. The number of likely N-dealkylation sites (tertiary alicyclic amines) is 1. The van der Waals surface area contributed by atoms with E-state index in [0.717, 1.165) is 4.88 Å². The van der Waals surface area contributed by atoms with Gasteiger partial charge in [0.1, 0.15) is 0 Å². The topological polar surface area (TPSA) is 42.1 Å². The SMILES string of the molecule is Cl.Nc1ncc(CN2CCC(C(F)(F)F)CC2)s1. The van der Waals surface area contributed by atoms with E-state index in [9.17, 15) is 13.2 Å². The van der Waals surface area contributed by atoms with E-state index in [1.807, 2.05) is 4.90 Å². The lowest BCUT2D eigenvalue weighted by molar-refractivity contribution is -0.185. The Hall–Kier alpha value is -0.530. The number of aromatic nitrogens is 1. The Balaban J connectivity index is 0.00000162. The highest BCUT2D eigenvalue weighted by Crippen LogP contribution is 2.34. The minimum atomic E-state index is -4.04. The van der Waals surface area contributed by atoms with Gasteiger partial charge >= 0.3 is 6.18 Å². The molecule has 0 atom stereocenters. The van der Waals surface area contributed by atoms with Crippen molar-refractivity contribution >= 4 is 28.9 Å². The number of rotatable bonds is 2. The first kappa shape index (κ1) is 15.5. The van der Waals surface area contributed by atoms with Crippen LogP contribution in [0.1, 0.15) is 17.7 Å². The molecule has 0 spiro atoms. The second kappa shape index (κ2) is 6.08. The Morgan fingerprint density at radius 1 is 1.39 bits per heavy atom. The molecule has 0 radical (unpaired) electrons. The van der Waals surface area contributed by atoms with Crippen LogP contribution in [0.15, 0.2) is 6.20 Å². The first-order valence-corrected chi connectivity index (χ1v) is 6.26. The molecule has 1 aliphatic heterocycles. The first-order chi connectivity index (χ1) is 7.95. The van der Waals surface area contributed by atoms with Gasteiger partial charge < -0.3 is 5.73 Å². The largest absolute Gasteiger partial charge is 0.391 e. The van der Waals surface area contributed by atoms with Crippen molar-refractivity contribution in [2.75, 3.05) is 18.8 Å². The molecule has 3 nitrogen and oxygen atoms in total. The maximum atomic E-state index is 12.5. The standard InChI is InChI=1S/C10H14F3N3S.ClH/c11-10(12,13)7-1-3-16(4-2-7)6-8-5-15-9(14)17-8;/h5,7H,1-4,6H2,(H2,14,15);1H. The predicted octanol–water partition coefficient (Wildman–Crippen LogP) is 2.92. The number of nitrogen functional groups attached to an aromatic ring is 1. The molecule has 0 amide bonds. The number of hydrogen-bond acceptors (Lipinski definition) is 4. The summed E-state index contributed by atoms with van der Waals surface area (Å²) in [5.41, 5.74) is 5.50. The number of halogens is 4. The van der Waals surface area contributed by atoms with Crippen molar-refractivity contribution in [3.63, 3.8) is 0 Å². The van der Waals surface area contributed by atoms with Gasteiger partial charge in [-0.15, -0.1) is 23.7 Å². The third-order valence-electron chi connectivity index (χ3n) is 3.00. The van der Waals surface area contributed by atoms with Gasteiger partial charge in [-0.25, -0.2) is 4.98 Å². The molecule has 0 unspecified atom stereocenters. The number of nitrogens with zero attached hydrogens (tertiary/aromatic N) is 2. The van der Waals surface area contributed by atoms with Crippen LogP contribution >= 0.6 is 23.7 Å². The second-order valence-corrected chi connectivity index (χ2v) is 5.40. The van der Waals surface area contributed by atoms with E-state index in [0.29, 0.717) is 24.8 Å². The average Bonchev–Trinajstić information content (AvgIpc) is 2.63. The summed E-state index contributed by atoms with van der Waals surface area (Å²) in [6.07, 6.45) is -1.97. The quantitative estimate of drug-likeness (QED) is 0.913. The van der Waals surface area contributed by atoms with Crippen molar-refractivity contribution in [3.05, 3.63) is 11.1 Å². The predicted molar refractivity (Wildman–Crippen MR) is 67.8 cm³/mol. The molecule has 2 rings (SSSR count). The van der Waals surface area contributed by atoms with Gasteiger partial charge in [-0.2, -0.15) is 13.2 Å². The second-order valence-electron chi connectivity index (χ2n) is 4.26. The van der Waals surface area contributed by atoms with Gasteiger partial charge in [0.15, 0.2) is 5.13 Å². The fraction of sp³-hybridized carbons (Fsp3) is 0.700. The van der Waals surface area contributed by atoms with Crippen LogP contribution in [0.2, 0.25) is 0 Å². The Kier molecular flexibility index (Phi) is 5.24. The van der Waals surface area contributed by atoms with Gasteiger partial charge in [-0.3, -0.25) is 4.90 Å². The van der Waals surface area contributed by atoms with E-state index in [2.05, 4.69) is 4.98 Å². The molecule has 18 heavy (non-hydrogen) atoms. The van der Waals surface area contributed by atoms with Crippen LogP contribution < -0.4 is 5.73 Å². The highest BCUT2D eigenvalue weighted by Gasteiger charge is 2.40. The zero-order valence-corrected chi connectivity index (χ0v) is 11.2. The summed E-state index contributed by atoms with van der Waals surface area (Å²) in [4.78, 5) is 6.96.